The van der Waals surface area contributed by atoms with Crippen LogP contribution >= 0.6 is 0 Å². The molecule has 1 fully saturated rings. The standard InChI is InChI=1S/C19H23N5/c1-3-17-9-4-5-10-24(17)19-21-14(2)11-18(23-19)22-16-8-6-7-15(12-16)13-20/h6-8,11-12,17H,3-5,9-10H2,1-2H3,(H,21,22,23). The van der Waals surface area contributed by atoms with Crippen LogP contribution in [0, 0.1) is 18.3 Å². The first-order chi connectivity index (χ1) is 11.7. The Morgan fingerprint density at radius 3 is 2.96 bits per heavy atom. The molecule has 1 N–H and O–H groups in total. The van der Waals surface area contributed by atoms with Crippen molar-refractivity contribution in [2.75, 3.05) is 16.8 Å². The molecular weight excluding hydrogens is 298 g/mol. The predicted octanol–water partition coefficient (Wildman–Crippen LogP) is 4.17. The van der Waals surface area contributed by atoms with E-state index in [1.807, 2.05) is 31.2 Å². The highest BCUT2D eigenvalue weighted by atomic mass is 15.3. The Balaban J connectivity index is 1.87. The van der Waals surface area contributed by atoms with E-state index >= 15 is 0 Å². The molecule has 0 spiro atoms. The van der Waals surface area contributed by atoms with Crippen molar-refractivity contribution in [2.45, 2.75) is 45.6 Å². The predicted molar refractivity (Wildman–Crippen MR) is 96.5 cm³/mol. The second kappa shape index (κ2) is 7.31. The summed E-state index contributed by atoms with van der Waals surface area (Å²) >= 11 is 0. The first kappa shape index (κ1) is 16.3. The quantitative estimate of drug-likeness (QED) is 0.915. The van der Waals surface area contributed by atoms with E-state index in [0.29, 0.717) is 11.6 Å². The summed E-state index contributed by atoms with van der Waals surface area (Å²) in [7, 11) is 0. The van der Waals surface area contributed by atoms with Crippen molar-refractivity contribution in [1.29, 1.82) is 5.26 Å². The van der Waals surface area contributed by atoms with Gasteiger partial charge in [0.25, 0.3) is 0 Å². The van der Waals surface area contributed by atoms with Crippen LogP contribution in [0.25, 0.3) is 0 Å². The number of anilines is 3. The summed E-state index contributed by atoms with van der Waals surface area (Å²) < 4.78 is 0. The van der Waals surface area contributed by atoms with Crippen molar-refractivity contribution in [3.63, 3.8) is 0 Å². The number of nitrogens with zero attached hydrogens (tertiary/aromatic N) is 4. The lowest BCUT2D eigenvalue weighted by Gasteiger charge is -2.35. The Bertz CT molecular complexity index is 750. The molecule has 0 saturated carbocycles. The Kier molecular flexibility index (Phi) is 4.95. The molecule has 3 rings (SSSR count). The number of benzene rings is 1. The minimum absolute atomic E-state index is 0.523. The zero-order valence-electron chi connectivity index (χ0n) is 14.3. The highest BCUT2D eigenvalue weighted by molar-refractivity contribution is 5.60. The molecule has 124 valence electrons. The maximum Gasteiger partial charge on any atom is 0.227 e. The number of nitrogens with one attached hydrogen (secondary N) is 1. The molecule has 1 atom stereocenters. The summed E-state index contributed by atoms with van der Waals surface area (Å²) in [6.07, 6.45) is 4.80. The lowest BCUT2D eigenvalue weighted by molar-refractivity contribution is 0.443. The first-order valence-corrected chi connectivity index (χ1v) is 8.59. The van der Waals surface area contributed by atoms with Gasteiger partial charge in [-0.3, -0.25) is 0 Å². The maximum absolute atomic E-state index is 9.03. The third-order valence-electron chi connectivity index (χ3n) is 4.46. The molecule has 0 amide bonds. The van der Waals surface area contributed by atoms with E-state index in [-0.39, 0.29) is 0 Å². The summed E-state index contributed by atoms with van der Waals surface area (Å²) in [5, 5.41) is 12.3. The summed E-state index contributed by atoms with van der Waals surface area (Å²) in [4.78, 5) is 11.7. The highest BCUT2D eigenvalue weighted by Gasteiger charge is 2.23. The summed E-state index contributed by atoms with van der Waals surface area (Å²) in [5.41, 5.74) is 2.44. The van der Waals surface area contributed by atoms with Gasteiger partial charge in [0.1, 0.15) is 5.82 Å². The zero-order valence-corrected chi connectivity index (χ0v) is 14.3. The molecule has 1 unspecified atom stereocenters. The first-order valence-electron chi connectivity index (χ1n) is 8.59. The van der Waals surface area contributed by atoms with Gasteiger partial charge < -0.3 is 10.2 Å². The second-order valence-corrected chi connectivity index (χ2v) is 6.26. The van der Waals surface area contributed by atoms with Gasteiger partial charge in [0, 0.05) is 30.0 Å². The van der Waals surface area contributed by atoms with Crippen molar-refractivity contribution >= 4 is 17.5 Å². The smallest absolute Gasteiger partial charge is 0.227 e. The fourth-order valence-corrected chi connectivity index (χ4v) is 3.25. The monoisotopic (exact) mass is 321 g/mol. The largest absolute Gasteiger partial charge is 0.340 e. The molecule has 2 aromatic rings. The van der Waals surface area contributed by atoms with Crippen LogP contribution in [0.15, 0.2) is 30.3 Å². The van der Waals surface area contributed by atoms with Crippen molar-refractivity contribution in [1.82, 2.24) is 9.97 Å². The molecule has 1 aliphatic rings. The topological polar surface area (TPSA) is 64.8 Å². The zero-order chi connectivity index (χ0) is 16.9. The average Bonchev–Trinajstić information content (AvgIpc) is 2.61. The van der Waals surface area contributed by atoms with Crippen LogP contribution in [-0.4, -0.2) is 22.6 Å². The molecular formula is C19H23N5. The van der Waals surface area contributed by atoms with E-state index in [4.69, 9.17) is 10.2 Å². The highest BCUT2D eigenvalue weighted by Crippen LogP contribution is 2.26. The number of hydrogen-bond acceptors (Lipinski definition) is 5. The van der Waals surface area contributed by atoms with E-state index in [1.165, 1.54) is 19.3 Å². The number of nitriles is 1. The molecule has 1 aromatic carbocycles. The molecule has 5 nitrogen and oxygen atoms in total. The fourth-order valence-electron chi connectivity index (χ4n) is 3.25. The number of aryl methyl sites for hydroxylation is 1. The van der Waals surface area contributed by atoms with Gasteiger partial charge in [-0.05, 0) is 50.8 Å². The number of aromatic nitrogens is 2. The van der Waals surface area contributed by atoms with E-state index < -0.39 is 0 Å². The normalized spacial score (nSPS) is 17.4. The van der Waals surface area contributed by atoms with Crippen molar-refractivity contribution in [3.8, 4) is 6.07 Å². The Morgan fingerprint density at radius 1 is 1.29 bits per heavy atom. The number of rotatable bonds is 4. The van der Waals surface area contributed by atoms with Gasteiger partial charge in [-0.2, -0.15) is 10.2 Å². The lowest BCUT2D eigenvalue weighted by Crippen LogP contribution is -2.40. The van der Waals surface area contributed by atoms with Gasteiger partial charge in [0.2, 0.25) is 5.95 Å². The van der Waals surface area contributed by atoms with Crippen LogP contribution < -0.4 is 10.2 Å². The SMILES string of the molecule is CCC1CCCCN1c1nc(C)cc(Nc2cccc(C#N)c2)n1. The minimum Gasteiger partial charge on any atom is -0.340 e. The van der Waals surface area contributed by atoms with Crippen molar-refractivity contribution in [3.05, 3.63) is 41.6 Å². The van der Waals surface area contributed by atoms with Gasteiger partial charge in [-0.15, -0.1) is 0 Å². The van der Waals surface area contributed by atoms with Gasteiger partial charge in [0.05, 0.1) is 11.6 Å². The Morgan fingerprint density at radius 2 is 2.17 bits per heavy atom. The molecule has 1 saturated heterocycles. The molecule has 1 aromatic heterocycles. The molecule has 5 heteroatoms. The minimum atomic E-state index is 0.523. The van der Waals surface area contributed by atoms with Crippen LogP contribution in [-0.2, 0) is 0 Å². The maximum atomic E-state index is 9.03. The molecule has 0 bridgehead atoms. The molecule has 0 radical (unpaired) electrons. The van der Waals surface area contributed by atoms with Gasteiger partial charge in [-0.1, -0.05) is 13.0 Å². The van der Waals surface area contributed by atoms with Gasteiger partial charge >= 0.3 is 0 Å². The summed E-state index contributed by atoms with van der Waals surface area (Å²) in [6, 6.07) is 12.0. The molecule has 2 heterocycles. The average molecular weight is 321 g/mol. The van der Waals surface area contributed by atoms with E-state index in [1.54, 1.807) is 6.07 Å². The van der Waals surface area contributed by atoms with E-state index in [2.05, 4.69) is 28.2 Å². The van der Waals surface area contributed by atoms with Crippen LogP contribution in [0.3, 0.4) is 0 Å². The third-order valence-corrected chi connectivity index (χ3v) is 4.46. The van der Waals surface area contributed by atoms with Crippen molar-refractivity contribution < 1.29 is 0 Å². The Hall–Kier alpha value is -2.61. The van der Waals surface area contributed by atoms with Gasteiger partial charge in [-0.25, -0.2) is 4.98 Å². The third kappa shape index (κ3) is 3.65. The van der Waals surface area contributed by atoms with Crippen LogP contribution in [0.5, 0.6) is 0 Å². The fraction of sp³-hybridized carbons (Fsp3) is 0.421. The molecule has 0 aliphatic carbocycles. The van der Waals surface area contributed by atoms with Gasteiger partial charge in [0.15, 0.2) is 0 Å². The molecule has 24 heavy (non-hydrogen) atoms. The van der Waals surface area contributed by atoms with E-state index in [0.717, 1.165) is 36.1 Å². The second-order valence-electron chi connectivity index (χ2n) is 6.26. The van der Waals surface area contributed by atoms with Crippen LogP contribution in [0.4, 0.5) is 17.5 Å². The summed E-state index contributed by atoms with van der Waals surface area (Å²) in [6.45, 7) is 5.24. The van der Waals surface area contributed by atoms with E-state index in [9.17, 15) is 0 Å². The van der Waals surface area contributed by atoms with Crippen molar-refractivity contribution in [2.24, 2.45) is 0 Å². The number of piperidine rings is 1. The summed E-state index contributed by atoms with van der Waals surface area (Å²) in [5.74, 6) is 1.58. The van der Waals surface area contributed by atoms with Crippen LogP contribution in [0.2, 0.25) is 0 Å². The number of hydrogen-bond donors (Lipinski definition) is 1. The molecule has 1 aliphatic heterocycles. The van der Waals surface area contributed by atoms with Crippen LogP contribution in [0.1, 0.15) is 43.9 Å². The Labute approximate surface area is 143 Å². The lowest BCUT2D eigenvalue weighted by atomic mass is 10.0.